The number of allylic oxidation sites excluding steroid dienone is 2. The number of amides is 1. The van der Waals surface area contributed by atoms with E-state index in [1.54, 1.807) is 36.4 Å². The molecule has 0 saturated carbocycles. The van der Waals surface area contributed by atoms with Crippen molar-refractivity contribution in [1.29, 1.82) is 5.26 Å². The van der Waals surface area contributed by atoms with Gasteiger partial charge in [0.25, 0.3) is 5.91 Å². The van der Waals surface area contributed by atoms with Crippen LogP contribution in [0, 0.1) is 23.1 Å². The molecular weight excluding hydrogens is 451 g/mol. The van der Waals surface area contributed by atoms with E-state index in [4.69, 9.17) is 5.26 Å². The molecule has 0 aliphatic carbocycles. The number of nitrogens with one attached hydrogen (secondary N) is 2. The number of hydrogen-bond acceptors (Lipinski definition) is 3. The highest BCUT2D eigenvalue weighted by Crippen LogP contribution is 2.30. The molecule has 6 heteroatoms. The maximum absolute atomic E-state index is 13.6. The van der Waals surface area contributed by atoms with E-state index < -0.39 is 0 Å². The molecule has 5 nitrogen and oxygen atoms in total. The zero-order chi connectivity index (χ0) is 26.5. The Morgan fingerprint density at radius 3 is 2.56 bits per heavy atom. The van der Waals surface area contributed by atoms with Crippen LogP contribution in [0.5, 0.6) is 0 Å². The van der Waals surface area contributed by atoms with Gasteiger partial charge in [-0.1, -0.05) is 45.5 Å². The zero-order valence-corrected chi connectivity index (χ0v) is 21.5. The lowest BCUT2D eigenvalue weighted by Crippen LogP contribution is -2.46. The van der Waals surface area contributed by atoms with Gasteiger partial charge in [-0.25, -0.2) is 4.39 Å². The summed E-state index contributed by atoms with van der Waals surface area (Å²) < 4.78 is 13.6. The Morgan fingerprint density at radius 2 is 1.94 bits per heavy atom. The van der Waals surface area contributed by atoms with Gasteiger partial charge in [0.1, 0.15) is 5.82 Å². The first-order valence-electron chi connectivity index (χ1n) is 12.2. The Labute approximate surface area is 214 Å². The van der Waals surface area contributed by atoms with Crippen LogP contribution in [-0.4, -0.2) is 24.5 Å². The molecule has 0 saturated heterocycles. The molecule has 0 heterocycles. The summed E-state index contributed by atoms with van der Waals surface area (Å²) in [7, 11) is 0. The van der Waals surface area contributed by atoms with E-state index in [2.05, 4.69) is 54.8 Å². The van der Waals surface area contributed by atoms with Gasteiger partial charge < -0.3 is 5.32 Å². The topological polar surface area (TPSA) is 77.3 Å². The van der Waals surface area contributed by atoms with Crippen molar-refractivity contribution in [2.75, 3.05) is 6.54 Å². The summed E-state index contributed by atoms with van der Waals surface area (Å²) in [6.45, 7) is 12.8. The minimum absolute atomic E-state index is 0.0486. The third kappa shape index (κ3) is 9.02. The van der Waals surface area contributed by atoms with E-state index in [1.807, 2.05) is 19.1 Å². The van der Waals surface area contributed by atoms with Crippen molar-refractivity contribution in [1.82, 2.24) is 10.6 Å². The third-order valence-electron chi connectivity index (χ3n) is 5.61. The van der Waals surface area contributed by atoms with Crippen LogP contribution in [0.25, 0.3) is 0 Å². The fraction of sp³-hybridized carbons (Fsp3) is 0.333. The molecular formula is C30H35FN4O. The molecule has 0 aromatic heterocycles. The number of nitrogens with zero attached hydrogens (tertiary/aromatic N) is 2. The quantitative estimate of drug-likeness (QED) is 0.180. The Bertz CT molecular complexity index is 1170. The number of carbonyl (C=O) groups excluding carboxylic acids is 1. The second-order valence-electron chi connectivity index (χ2n) is 8.99. The second kappa shape index (κ2) is 14.5. The van der Waals surface area contributed by atoms with Crippen molar-refractivity contribution in [3.8, 4) is 6.07 Å². The van der Waals surface area contributed by atoms with Crippen LogP contribution < -0.4 is 10.6 Å². The van der Waals surface area contributed by atoms with Crippen LogP contribution in [0.1, 0.15) is 67.9 Å². The molecule has 2 atom stereocenters. The van der Waals surface area contributed by atoms with Crippen molar-refractivity contribution in [3.63, 3.8) is 0 Å². The van der Waals surface area contributed by atoms with E-state index in [0.717, 1.165) is 17.6 Å². The summed E-state index contributed by atoms with van der Waals surface area (Å²) in [5.41, 5.74) is 5.69. The van der Waals surface area contributed by atoms with Crippen molar-refractivity contribution >= 4 is 11.9 Å². The molecule has 2 unspecified atom stereocenters. The van der Waals surface area contributed by atoms with Gasteiger partial charge in [-0.05, 0) is 79.3 Å². The summed E-state index contributed by atoms with van der Waals surface area (Å²) >= 11 is 0. The molecule has 0 aliphatic heterocycles. The lowest BCUT2D eigenvalue weighted by Gasteiger charge is -2.26. The third-order valence-corrected chi connectivity index (χ3v) is 5.61. The van der Waals surface area contributed by atoms with E-state index in [1.165, 1.54) is 12.1 Å². The molecule has 0 radical (unpaired) electrons. The van der Waals surface area contributed by atoms with E-state index in [-0.39, 0.29) is 23.7 Å². The number of guanidine groups is 1. The molecule has 2 aromatic rings. The molecule has 2 N–H and O–H groups in total. The molecule has 2 aromatic carbocycles. The van der Waals surface area contributed by atoms with Gasteiger partial charge in [-0.3, -0.25) is 15.1 Å². The highest BCUT2D eigenvalue weighted by molar-refractivity contribution is 6.05. The van der Waals surface area contributed by atoms with Crippen molar-refractivity contribution < 1.29 is 9.18 Å². The molecule has 188 valence electrons. The largest absolute Gasteiger partial charge is 0.353 e. The average Bonchev–Trinajstić information content (AvgIpc) is 2.88. The average molecular weight is 487 g/mol. The van der Waals surface area contributed by atoms with Crippen LogP contribution in [0.15, 0.2) is 83.6 Å². The SMILES string of the molecule is C=C(C=C=CC)C(CC(CC)NC(=NCC(C)C)NC(=O)c1cccc(C#N)c1)c1ccc(F)cc1. The van der Waals surface area contributed by atoms with Crippen LogP contribution in [0.4, 0.5) is 4.39 Å². The van der Waals surface area contributed by atoms with Gasteiger partial charge in [0.2, 0.25) is 0 Å². The van der Waals surface area contributed by atoms with E-state index >= 15 is 0 Å². The highest BCUT2D eigenvalue weighted by Gasteiger charge is 2.21. The number of hydrogen-bond donors (Lipinski definition) is 2. The maximum Gasteiger partial charge on any atom is 0.257 e. The first-order chi connectivity index (χ1) is 17.3. The zero-order valence-electron chi connectivity index (χ0n) is 21.5. The number of benzene rings is 2. The van der Waals surface area contributed by atoms with Gasteiger partial charge in [-0.2, -0.15) is 5.26 Å². The molecule has 0 bridgehead atoms. The minimum Gasteiger partial charge on any atom is -0.353 e. The number of nitriles is 1. The van der Waals surface area contributed by atoms with Gasteiger partial charge in [0.15, 0.2) is 5.96 Å². The molecule has 0 fully saturated rings. The Kier molecular flexibility index (Phi) is 11.4. The summed E-state index contributed by atoms with van der Waals surface area (Å²) in [5.74, 6) is -0.0188. The fourth-order valence-electron chi connectivity index (χ4n) is 3.60. The van der Waals surface area contributed by atoms with E-state index in [0.29, 0.717) is 36.0 Å². The predicted octanol–water partition coefficient (Wildman–Crippen LogP) is 6.27. The molecule has 0 aliphatic rings. The van der Waals surface area contributed by atoms with E-state index in [9.17, 15) is 9.18 Å². The summed E-state index contributed by atoms with van der Waals surface area (Å²) in [4.78, 5) is 17.5. The van der Waals surface area contributed by atoms with Gasteiger partial charge in [-0.15, -0.1) is 5.73 Å². The molecule has 36 heavy (non-hydrogen) atoms. The number of halogens is 1. The first-order valence-corrected chi connectivity index (χ1v) is 12.2. The van der Waals surface area contributed by atoms with Crippen LogP contribution in [-0.2, 0) is 0 Å². The smallest absolute Gasteiger partial charge is 0.257 e. The molecule has 2 rings (SSSR count). The summed E-state index contributed by atoms with van der Waals surface area (Å²) in [6.07, 6.45) is 5.08. The Hall–Kier alpha value is -3.94. The lowest BCUT2D eigenvalue weighted by molar-refractivity contribution is 0.0975. The number of aliphatic imine (C=N–C) groups is 1. The molecule has 1 amide bonds. The van der Waals surface area contributed by atoms with Crippen LogP contribution >= 0.6 is 0 Å². The van der Waals surface area contributed by atoms with Gasteiger partial charge in [0.05, 0.1) is 11.6 Å². The number of rotatable bonds is 10. The predicted molar refractivity (Wildman–Crippen MR) is 144 cm³/mol. The normalized spacial score (nSPS) is 12.6. The van der Waals surface area contributed by atoms with Crippen LogP contribution in [0.3, 0.4) is 0 Å². The highest BCUT2D eigenvalue weighted by atomic mass is 19.1. The van der Waals surface area contributed by atoms with Gasteiger partial charge >= 0.3 is 0 Å². The monoisotopic (exact) mass is 486 g/mol. The lowest BCUT2D eigenvalue weighted by atomic mass is 9.85. The van der Waals surface area contributed by atoms with Gasteiger partial charge in [0, 0.05) is 24.1 Å². The summed E-state index contributed by atoms with van der Waals surface area (Å²) in [5, 5.41) is 15.4. The summed E-state index contributed by atoms with van der Waals surface area (Å²) in [6, 6.07) is 15.0. The Balaban J connectivity index is 2.29. The first kappa shape index (κ1) is 28.3. The second-order valence-corrected chi connectivity index (χ2v) is 8.99. The Morgan fingerprint density at radius 1 is 1.22 bits per heavy atom. The number of carbonyl (C=O) groups is 1. The molecule has 0 spiro atoms. The standard InChI is InChI=1S/C30H35FN4O/c1-6-8-10-22(5)28(24-13-15-26(31)16-14-24)18-27(7-2)34-30(33-20-21(3)4)35-29(36)25-12-9-11-23(17-25)19-32/h6,9-17,21,27-28H,5,7,18,20H2,1-4H3,(H2,33,34,35,36). The van der Waals surface area contributed by atoms with Crippen molar-refractivity contribution in [3.05, 3.63) is 101 Å². The fourth-order valence-corrected chi connectivity index (χ4v) is 3.60. The van der Waals surface area contributed by atoms with Crippen molar-refractivity contribution in [2.45, 2.75) is 52.5 Å². The van der Waals surface area contributed by atoms with Crippen molar-refractivity contribution in [2.24, 2.45) is 10.9 Å². The maximum atomic E-state index is 13.6. The minimum atomic E-state index is -0.340. The van der Waals surface area contributed by atoms with Crippen LogP contribution in [0.2, 0.25) is 0 Å².